The summed E-state index contributed by atoms with van der Waals surface area (Å²) in [5.74, 6) is -0.334. The zero-order valence-electron chi connectivity index (χ0n) is 11.0. The second-order valence-corrected chi connectivity index (χ2v) is 4.25. The van der Waals surface area contributed by atoms with E-state index in [0.29, 0.717) is 6.54 Å². The minimum Gasteiger partial charge on any atom is -0.346 e. The summed E-state index contributed by atoms with van der Waals surface area (Å²) in [7, 11) is 1.86. The predicted octanol–water partition coefficient (Wildman–Crippen LogP) is 0.0502. The van der Waals surface area contributed by atoms with Gasteiger partial charge < -0.3 is 10.3 Å². The number of hydrogen-bond donors (Lipinski definition) is 2. The Balaban J connectivity index is 2.08. The van der Waals surface area contributed by atoms with E-state index in [4.69, 9.17) is 0 Å². The molecule has 2 aromatic heterocycles. The van der Waals surface area contributed by atoms with Gasteiger partial charge in [-0.05, 0) is 13.8 Å². The largest absolute Gasteiger partial charge is 0.346 e. The van der Waals surface area contributed by atoms with Crippen molar-refractivity contribution in [3.63, 3.8) is 0 Å². The average molecular weight is 261 g/mol. The number of aryl methyl sites for hydroxylation is 2. The van der Waals surface area contributed by atoms with Crippen LogP contribution in [-0.2, 0) is 13.6 Å². The molecule has 2 aromatic rings. The monoisotopic (exact) mass is 261 g/mol. The molecule has 0 atom stereocenters. The molecule has 2 heterocycles. The number of amides is 1. The van der Waals surface area contributed by atoms with Crippen LogP contribution in [0, 0.1) is 13.8 Å². The second-order valence-electron chi connectivity index (χ2n) is 4.25. The Morgan fingerprint density at radius 3 is 2.74 bits per heavy atom. The molecule has 0 radical (unpaired) electrons. The molecule has 2 rings (SSSR count). The molecule has 0 fully saturated rings. The van der Waals surface area contributed by atoms with E-state index in [1.807, 2.05) is 20.9 Å². The van der Waals surface area contributed by atoms with E-state index >= 15 is 0 Å². The lowest BCUT2D eigenvalue weighted by Crippen LogP contribution is -2.25. The molecular formula is C12H15N5O2. The second kappa shape index (κ2) is 5.05. The standard InChI is InChI=1S/C12H15N5O2/c1-7-9(8(2)17(3)16-7)4-15-12(19)10-5-14-11(18)6-13-10/h5-6H,4H2,1-3H3,(H,14,18)(H,15,19). The average Bonchev–Trinajstić information content (AvgIpc) is 2.62. The van der Waals surface area contributed by atoms with Gasteiger partial charge >= 0.3 is 0 Å². The molecule has 7 nitrogen and oxygen atoms in total. The first kappa shape index (κ1) is 13.0. The Kier molecular flexibility index (Phi) is 3.46. The maximum Gasteiger partial charge on any atom is 0.271 e. The molecule has 0 aliphatic rings. The summed E-state index contributed by atoms with van der Waals surface area (Å²) in [6.45, 7) is 4.22. The number of aromatic nitrogens is 4. The van der Waals surface area contributed by atoms with Gasteiger partial charge in [0.15, 0.2) is 0 Å². The van der Waals surface area contributed by atoms with Gasteiger partial charge in [-0.15, -0.1) is 0 Å². The van der Waals surface area contributed by atoms with E-state index in [0.717, 1.165) is 23.1 Å². The normalized spacial score (nSPS) is 10.5. The molecule has 0 aromatic carbocycles. The van der Waals surface area contributed by atoms with Crippen molar-refractivity contribution in [1.29, 1.82) is 0 Å². The summed E-state index contributed by atoms with van der Waals surface area (Å²) < 4.78 is 1.77. The van der Waals surface area contributed by atoms with Crippen molar-refractivity contribution in [2.24, 2.45) is 7.05 Å². The van der Waals surface area contributed by atoms with Gasteiger partial charge in [0.1, 0.15) is 5.69 Å². The van der Waals surface area contributed by atoms with Gasteiger partial charge in [-0.25, -0.2) is 4.98 Å². The number of aromatic amines is 1. The van der Waals surface area contributed by atoms with Crippen LogP contribution < -0.4 is 10.9 Å². The zero-order chi connectivity index (χ0) is 14.0. The van der Waals surface area contributed by atoms with Crippen LogP contribution in [-0.4, -0.2) is 25.7 Å². The molecule has 0 aliphatic heterocycles. The Morgan fingerprint density at radius 1 is 1.47 bits per heavy atom. The molecule has 2 N–H and O–H groups in total. The van der Waals surface area contributed by atoms with Gasteiger partial charge in [-0.3, -0.25) is 14.3 Å². The number of carbonyl (C=O) groups excluding carboxylic acids is 1. The number of nitrogens with zero attached hydrogens (tertiary/aromatic N) is 3. The summed E-state index contributed by atoms with van der Waals surface area (Å²) >= 11 is 0. The highest BCUT2D eigenvalue weighted by Crippen LogP contribution is 2.11. The van der Waals surface area contributed by atoms with E-state index in [2.05, 4.69) is 20.4 Å². The van der Waals surface area contributed by atoms with Gasteiger partial charge in [0.05, 0.1) is 11.9 Å². The van der Waals surface area contributed by atoms with Crippen molar-refractivity contribution in [3.8, 4) is 0 Å². The number of H-pyrrole nitrogens is 1. The highest BCUT2D eigenvalue weighted by Gasteiger charge is 2.12. The summed E-state index contributed by atoms with van der Waals surface area (Å²) in [6, 6.07) is 0. The minimum atomic E-state index is -0.338. The first-order valence-electron chi connectivity index (χ1n) is 5.81. The third-order valence-corrected chi connectivity index (χ3v) is 2.99. The van der Waals surface area contributed by atoms with Crippen molar-refractivity contribution in [2.45, 2.75) is 20.4 Å². The molecule has 100 valence electrons. The molecular weight excluding hydrogens is 246 g/mol. The molecule has 1 amide bonds. The summed E-state index contributed by atoms with van der Waals surface area (Å²) in [6.07, 6.45) is 2.37. The SMILES string of the molecule is Cc1nn(C)c(C)c1CNC(=O)c1c[nH]c(=O)cn1. The topological polar surface area (TPSA) is 92.7 Å². The smallest absolute Gasteiger partial charge is 0.271 e. The van der Waals surface area contributed by atoms with Gasteiger partial charge in [-0.1, -0.05) is 0 Å². The third-order valence-electron chi connectivity index (χ3n) is 2.99. The van der Waals surface area contributed by atoms with Crippen molar-refractivity contribution in [2.75, 3.05) is 0 Å². The van der Waals surface area contributed by atoms with E-state index < -0.39 is 0 Å². The maximum atomic E-state index is 11.8. The fourth-order valence-corrected chi connectivity index (χ4v) is 1.80. The van der Waals surface area contributed by atoms with Crippen molar-refractivity contribution in [1.82, 2.24) is 25.1 Å². The number of hydrogen-bond acceptors (Lipinski definition) is 4. The van der Waals surface area contributed by atoms with E-state index in [-0.39, 0.29) is 17.2 Å². The Bertz CT molecular complexity index is 651. The highest BCUT2D eigenvalue weighted by atomic mass is 16.2. The van der Waals surface area contributed by atoms with Gasteiger partial charge in [0.25, 0.3) is 11.5 Å². The predicted molar refractivity (Wildman–Crippen MR) is 68.7 cm³/mol. The zero-order valence-corrected chi connectivity index (χ0v) is 11.0. The lowest BCUT2D eigenvalue weighted by molar-refractivity contribution is 0.0945. The van der Waals surface area contributed by atoms with Crippen molar-refractivity contribution < 1.29 is 4.79 Å². The van der Waals surface area contributed by atoms with Crippen LogP contribution in [0.3, 0.4) is 0 Å². The van der Waals surface area contributed by atoms with Gasteiger partial charge in [0, 0.05) is 31.0 Å². The van der Waals surface area contributed by atoms with E-state index in [9.17, 15) is 9.59 Å². The first-order chi connectivity index (χ1) is 8.99. The van der Waals surface area contributed by atoms with Crippen LogP contribution >= 0.6 is 0 Å². The van der Waals surface area contributed by atoms with Crippen LogP contribution in [0.2, 0.25) is 0 Å². The number of carbonyl (C=O) groups is 1. The molecule has 0 unspecified atom stereocenters. The van der Waals surface area contributed by atoms with Crippen LogP contribution in [0.4, 0.5) is 0 Å². The molecule has 0 spiro atoms. The molecule has 0 bridgehead atoms. The van der Waals surface area contributed by atoms with E-state index in [1.54, 1.807) is 4.68 Å². The van der Waals surface area contributed by atoms with E-state index in [1.165, 1.54) is 6.20 Å². The fraction of sp³-hybridized carbons (Fsp3) is 0.333. The summed E-state index contributed by atoms with van der Waals surface area (Å²) in [5.41, 5.74) is 2.72. The van der Waals surface area contributed by atoms with Crippen LogP contribution in [0.1, 0.15) is 27.4 Å². The first-order valence-corrected chi connectivity index (χ1v) is 5.81. The van der Waals surface area contributed by atoms with Crippen molar-refractivity contribution in [3.05, 3.63) is 45.4 Å². The minimum absolute atomic E-state index is 0.179. The summed E-state index contributed by atoms with van der Waals surface area (Å²) in [4.78, 5) is 28.9. The Morgan fingerprint density at radius 2 is 2.21 bits per heavy atom. The quantitative estimate of drug-likeness (QED) is 0.816. The fourth-order valence-electron chi connectivity index (χ4n) is 1.80. The maximum absolute atomic E-state index is 11.8. The molecule has 0 saturated heterocycles. The summed E-state index contributed by atoms with van der Waals surface area (Å²) in [5, 5.41) is 7.03. The van der Waals surface area contributed by atoms with Crippen LogP contribution in [0.15, 0.2) is 17.2 Å². The molecule has 0 aliphatic carbocycles. The molecule has 7 heteroatoms. The third kappa shape index (κ3) is 2.70. The van der Waals surface area contributed by atoms with Gasteiger partial charge in [0.2, 0.25) is 0 Å². The number of rotatable bonds is 3. The highest BCUT2D eigenvalue weighted by molar-refractivity contribution is 5.91. The Hall–Kier alpha value is -2.44. The van der Waals surface area contributed by atoms with Crippen LogP contribution in [0.5, 0.6) is 0 Å². The molecule has 19 heavy (non-hydrogen) atoms. The van der Waals surface area contributed by atoms with Crippen LogP contribution in [0.25, 0.3) is 0 Å². The van der Waals surface area contributed by atoms with Gasteiger partial charge in [-0.2, -0.15) is 5.10 Å². The number of nitrogens with one attached hydrogen (secondary N) is 2. The molecule has 0 saturated carbocycles. The Labute approximate surface area is 109 Å². The lowest BCUT2D eigenvalue weighted by Gasteiger charge is -2.05. The van der Waals surface area contributed by atoms with Crippen molar-refractivity contribution >= 4 is 5.91 Å². The lowest BCUT2D eigenvalue weighted by atomic mass is 10.2.